The summed E-state index contributed by atoms with van der Waals surface area (Å²) in [7, 11) is -3.02. The van der Waals surface area contributed by atoms with E-state index in [1.165, 1.54) is 104 Å². The summed E-state index contributed by atoms with van der Waals surface area (Å²) >= 11 is 0. The lowest BCUT2D eigenvalue weighted by Crippen LogP contribution is -2.75. The van der Waals surface area contributed by atoms with Gasteiger partial charge in [-0.3, -0.25) is 0 Å². The molecule has 2 heteroatoms. The van der Waals surface area contributed by atoms with Crippen molar-refractivity contribution < 1.29 is 0 Å². The average molecular weight is 830 g/mol. The van der Waals surface area contributed by atoms with Crippen LogP contribution in [-0.4, -0.2) is 12.6 Å². The molecule has 11 aromatic rings. The van der Waals surface area contributed by atoms with Crippen molar-refractivity contribution in [1.29, 1.82) is 0 Å². The van der Waals surface area contributed by atoms with E-state index in [2.05, 4.69) is 253 Å². The second-order valence-electron chi connectivity index (χ2n) is 17.5. The molecular formula is C62H43NSi. The Morgan fingerprint density at radius 2 is 0.844 bits per heavy atom. The smallest absolute Gasteiger partial charge is 0.179 e. The van der Waals surface area contributed by atoms with Gasteiger partial charge in [0.25, 0.3) is 0 Å². The fourth-order valence-electron chi connectivity index (χ4n) is 11.8. The first-order valence-corrected chi connectivity index (χ1v) is 24.5. The highest BCUT2D eigenvalue weighted by Crippen LogP contribution is 2.57. The topological polar surface area (TPSA) is 4.93 Å². The molecule has 0 fully saturated rings. The third-order valence-electron chi connectivity index (χ3n) is 14.3. The van der Waals surface area contributed by atoms with Crippen molar-refractivity contribution in [2.24, 2.45) is 0 Å². The van der Waals surface area contributed by atoms with Gasteiger partial charge in [0.1, 0.15) is 0 Å². The van der Waals surface area contributed by atoms with Gasteiger partial charge < -0.3 is 4.57 Å². The van der Waals surface area contributed by atoms with Crippen LogP contribution in [0.25, 0.3) is 49.7 Å². The van der Waals surface area contributed by atoms with Crippen molar-refractivity contribution in [3.8, 4) is 27.9 Å². The van der Waals surface area contributed by atoms with Gasteiger partial charge in [-0.15, -0.1) is 0 Å². The molecule has 2 atom stereocenters. The van der Waals surface area contributed by atoms with Gasteiger partial charge in [-0.25, -0.2) is 0 Å². The lowest BCUT2D eigenvalue weighted by molar-refractivity contribution is 0.760. The molecule has 0 N–H and O–H groups in total. The Morgan fingerprint density at radius 3 is 1.58 bits per heavy atom. The third kappa shape index (κ3) is 5.36. The van der Waals surface area contributed by atoms with Gasteiger partial charge in [-0.2, -0.15) is 0 Å². The molecule has 0 spiro atoms. The molecule has 0 saturated carbocycles. The van der Waals surface area contributed by atoms with Crippen molar-refractivity contribution >= 4 is 50.6 Å². The molecule has 3 aliphatic carbocycles. The van der Waals surface area contributed by atoms with Crippen LogP contribution in [0.3, 0.4) is 0 Å². The predicted molar refractivity (Wildman–Crippen MR) is 270 cm³/mol. The molecule has 1 nitrogen and oxygen atoms in total. The van der Waals surface area contributed by atoms with Gasteiger partial charge in [0.05, 0.1) is 11.0 Å². The zero-order valence-corrected chi connectivity index (χ0v) is 36.3. The SMILES string of the molecule is c1ccc(-c2cccc([Si](c3ccccc3)(c3ccccc3)c3cccc4c3C3c5ccccc5C4c4cccc(-c5ccc6c(c5)c5ccccc5n6-c5ccccc5)c43)c2)cc1. The van der Waals surface area contributed by atoms with E-state index in [0.29, 0.717) is 0 Å². The van der Waals surface area contributed by atoms with Crippen LogP contribution in [0.15, 0.2) is 249 Å². The number of para-hydroxylation sites is 2. The summed E-state index contributed by atoms with van der Waals surface area (Å²) < 4.78 is 2.42. The molecule has 0 amide bonds. The van der Waals surface area contributed by atoms with E-state index in [4.69, 9.17) is 0 Å². The molecule has 300 valence electrons. The summed E-state index contributed by atoms with van der Waals surface area (Å²) in [6, 6.07) is 94.0. The number of fused-ring (bicyclic) bond motifs is 3. The minimum Gasteiger partial charge on any atom is -0.309 e. The fraction of sp³-hybridized carbons (Fsp3) is 0.0323. The summed E-state index contributed by atoms with van der Waals surface area (Å²) in [6.45, 7) is 0. The second-order valence-corrected chi connectivity index (χ2v) is 21.2. The second kappa shape index (κ2) is 14.7. The third-order valence-corrected chi connectivity index (χ3v) is 19.1. The predicted octanol–water partition coefficient (Wildman–Crippen LogP) is 12.5. The first-order valence-electron chi connectivity index (χ1n) is 22.5. The van der Waals surface area contributed by atoms with E-state index in [0.717, 1.165) is 0 Å². The molecule has 2 unspecified atom stereocenters. The number of nitrogens with zero attached hydrogens (tertiary/aromatic N) is 1. The normalized spacial score (nSPS) is 14.9. The molecule has 1 heterocycles. The number of hydrogen-bond donors (Lipinski definition) is 0. The minimum atomic E-state index is -3.02. The van der Waals surface area contributed by atoms with Crippen molar-refractivity contribution in [3.05, 3.63) is 282 Å². The number of benzene rings is 10. The lowest BCUT2D eigenvalue weighted by Gasteiger charge is -2.47. The van der Waals surface area contributed by atoms with Gasteiger partial charge in [0, 0.05) is 28.3 Å². The van der Waals surface area contributed by atoms with Crippen LogP contribution >= 0.6 is 0 Å². The van der Waals surface area contributed by atoms with Crippen LogP contribution in [0.2, 0.25) is 0 Å². The van der Waals surface area contributed by atoms with E-state index in [1.807, 2.05) is 0 Å². The maximum absolute atomic E-state index is 3.02. The Kier molecular flexibility index (Phi) is 8.44. The molecule has 14 rings (SSSR count). The summed E-state index contributed by atoms with van der Waals surface area (Å²) in [5, 5.41) is 8.19. The summed E-state index contributed by atoms with van der Waals surface area (Å²) in [4.78, 5) is 0. The highest BCUT2D eigenvalue weighted by Gasteiger charge is 2.49. The molecule has 0 radical (unpaired) electrons. The van der Waals surface area contributed by atoms with Crippen LogP contribution in [-0.2, 0) is 0 Å². The minimum absolute atomic E-state index is 0.0385. The average Bonchev–Trinajstić information content (AvgIpc) is 3.71. The van der Waals surface area contributed by atoms with Gasteiger partial charge in [-0.05, 0) is 107 Å². The van der Waals surface area contributed by atoms with Crippen molar-refractivity contribution in [2.45, 2.75) is 11.8 Å². The Morgan fingerprint density at radius 1 is 0.312 bits per heavy atom. The van der Waals surface area contributed by atoms with Crippen molar-refractivity contribution in [3.63, 3.8) is 0 Å². The van der Waals surface area contributed by atoms with Crippen LogP contribution in [0.5, 0.6) is 0 Å². The van der Waals surface area contributed by atoms with Crippen LogP contribution in [0.4, 0.5) is 0 Å². The maximum atomic E-state index is 2.51. The van der Waals surface area contributed by atoms with Gasteiger partial charge >= 0.3 is 0 Å². The number of hydrogen-bond acceptors (Lipinski definition) is 0. The highest BCUT2D eigenvalue weighted by atomic mass is 28.3. The summed E-state index contributed by atoms with van der Waals surface area (Å²) in [6.07, 6.45) is 0. The first-order chi connectivity index (χ1) is 31.8. The quantitative estimate of drug-likeness (QED) is 0.111. The first kappa shape index (κ1) is 36.8. The van der Waals surface area contributed by atoms with Crippen LogP contribution in [0, 0.1) is 0 Å². The molecule has 3 aliphatic rings. The molecule has 10 aromatic carbocycles. The van der Waals surface area contributed by atoms with Gasteiger partial charge in [-0.1, -0.05) is 218 Å². The van der Waals surface area contributed by atoms with E-state index < -0.39 is 8.07 Å². The Balaban J connectivity index is 1.10. The van der Waals surface area contributed by atoms with Crippen molar-refractivity contribution in [2.75, 3.05) is 0 Å². The zero-order valence-electron chi connectivity index (χ0n) is 35.3. The molecular weight excluding hydrogens is 787 g/mol. The number of aromatic nitrogens is 1. The molecule has 64 heavy (non-hydrogen) atoms. The zero-order chi connectivity index (χ0) is 42.2. The van der Waals surface area contributed by atoms with E-state index in [9.17, 15) is 0 Å². The lowest BCUT2D eigenvalue weighted by atomic mass is 9.60. The van der Waals surface area contributed by atoms with E-state index in [1.54, 1.807) is 0 Å². The van der Waals surface area contributed by atoms with Crippen LogP contribution in [0.1, 0.15) is 45.2 Å². The fourth-order valence-corrected chi connectivity index (χ4v) is 16.9. The van der Waals surface area contributed by atoms with E-state index >= 15 is 0 Å². The largest absolute Gasteiger partial charge is 0.309 e. The molecule has 2 bridgehead atoms. The molecule has 0 aliphatic heterocycles. The van der Waals surface area contributed by atoms with Gasteiger partial charge in [0.2, 0.25) is 0 Å². The number of rotatable bonds is 7. The van der Waals surface area contributed by atoms with Crippen LogP contribution < -0.4 is 20.7 Å². The monoisotopic (exact) mass is 829 g/mol. The summed E-state index contributed by atoms with van der Waals surface area (Å²) in [5.74, 6) is 0.153. The Hall–Kier alpha value is -7.78. The Labute approximate surface area is 375 Å². The molecule has 0 saturated heterocycles. The van der Waals surface area contributed by atoms with E-state index in [-0.39, 0.29) is 11.8 Å². The standard InChI is InChI=1S/C62H43NSi/c1-5-20-42(21-6-1)43-22-17-29-48(40-43)64(46-25-9-3-10-26-46,47-27-11-4-12-28-47)58-37-19-35-54-59-51-31-13-14-32-52(51)62(61(54)58)60-49(33-18-34-53(59)60)44-38-39-57-55(41-44)50-30-15-16-36-56(50)63(57)45-23-7-2-8-24-45/h1-41,59,62H. The summed E-state index contributed by atoms with van der Waals surface area (Å²) in [5.41, 5.74) is 17.3. The highest BCUT2D eigenvalue weighted by molar-refractivity contribution is 7.20. The van der Waals surface area contributed by atoms with Crippen molar-refractivity contribution in [1.82, 2.24) is 4.57 Å². The molecule has 1 aromatic heterocycles. The Bertz CT molecular complexity index is 3510. The van der Waals surface area contributed by atoms with Gasteiger partial charge in [0.15, 0.2) is 8.07 Å². The maximum Gasteiger partial charge on any atom is 0.179 e.